The first kappa shape index (κ1) is 17.8. The molecular formula is C15H21N7O4. The highest BCUT2D eigenvalue weighted by Crippen LogP contribution is 2.27. The zero-order chi connectivity index (χ0) is 18.7. The van der Waals surface area contributed by atoms with Gasteiger partial charge >= 0.3 is 6.03 Å². The maximum Gasteiger partial charge on any atom is 0.317 e. The van der Waals surface area contributed by atoms with Crippen LogP contribution in [0.4, 0.5) is 4.79 Å². The number of amides is 3. The third-order valence-corrected chi connectivity index (χ3v) is 4.18. The molecule has 0 aliphatic carbocycles. The summed E-state index contributed by atoms with van der Waals surface area (Å²) in [5, 5.41) is 10.1. The SMILES string of the molecule is CC(C)c1noc(C2CCN(C(=O)NCc3nc(C(N)=O)no3)CC2)n1. The van der Waals surface area contributed by atoms with Crippen LogP contribution >= 0.6 is 0 Å². The molecule has 3 N–H and O–H groups in total. The van der Waals surface area contributed by atoms with Crippen LogP contribution in [0.5, 0.6) is 0 Å². The van der Waals surface area contributed by atoms with Crippen molar-refractivity contribution >= 4 is 11.9 Å². The summed E-state index contributed by atoms with van der Waals surface area (Å²) in [6.45, 7) is 5.20. The number of nitrogens with two attached hydrogens (primary N) is 1. The Morgan fingerprint density at radius 3 is 2.54 bits per heavy atom. The first-order chi connectivity index (χ1) is 12.4. The molecule has 26 heavy (non-hydrogen) atoms. The smallest absolute Gasteiger partial charge is 0.317 e. The molecule has 3 rings (SSSR count). The second-order valence-electron chi connectivity index (χ2n) is 6.44. The van der Waals surface area contributed by atoms with Gasteiger partial charge in [0, 0.05) is 24.9 Å². The van der Waals surface area contributed by atoms with Gasteiger partial charge in [0.15, 0.2) is 5.82 Å². The highest BCUT2D eigenvalue weighted by Gasteiger charge is 2.28. The number of nitrogens with one attached hydrogen (secondary N) is 1. The summed E-state index contributed by atoms with van der Waals surface area (Å²) in [6, 6.07) is -0.240. The first-order valence-electron chi connectivity index (χ1n) is 8.42. The molecule has 3 amide bonds. The lowest BCUT2D eigenvalue weighted by Crippen LogP contribution is -2.43. The average Bonchev–Trinajstić information content (AvgIpc) is 3.29. The monoisotopic (exact) mass is 363 g/mol. The summed E-state index contributed by atoms with van der Waals surface area (Å²) >= 11 is 0. The van der Waals surface area contributed by atoms with Gasteiger partial charge in [0.2, 0.25) is 11.8 Å². The number of hydrogen-bond acceptors (Lipinski definition) is 8. The maximum absolute atomic E-state index is 12.2. The van der Waals surface area contributed by atoms with Crippen molar-refractivity contribution < 1.29 is 18.6 Å². The fourth-order valence-corrected chi connectivity index (χ4v) is 2.67. The summed E-state index contributed by atoms with van der Waals surface area (Å²) in [5.74, 6) is 0.847. The highest BCUT2D eigenvalue weighted by molar-refractivity contribution is 5.88. The largest absolute Gasteiger partial charge is 0.363 e. The number of carbonyl (C=O) groups excluding carboxylic acids is 2. The van der Waals surface area contributed by atoms with Crippen molar-refractivity contribution in [2.45, 2.75) is 45.1 Å². The molecule has 2 aromatic rings. The molecule has 11 nitrogen and oxygen atoms in total. The van der Waals surface area contributed by atoms with Gasteiger partial charge < -0.3 is 25.0 Å². The van der Waals surface area contributed by atoms with Crippen molar-refractivity contribution in [1.29, 1.82) is 0 Å². The lowest BCUT2D eigenvalue weighted by Gasteiger charge is -2.30. The van der Waals surface area contributed by atoms with Gasteiger partial charge in [0.1, 0.15) is 0 Å². The normalized spacial score (nSPS) is 15.4. The van der Waals surface area contributed by atoms with E-state index in [0.717, 1.165) is 12.8 Å². The second kappa shape index (κ2) is 7.50. The van der Waals surface area contributed by atoms with Crippen LogP contribution in [0.1, 0.15) is 66.7 Å². The lowest BCUT2D eigenvalue weighted by atomic mass is 9.97. The quantitative estimate of drug-likeness (QED) is 0.789. The first-order valence-corrected chi connectivity index (χ1v) is 8.42. The van der Waals surface area contributed by atoms with Crippen molar-refractivity contribution in [3.8, 4) is 0 Å². The molecule has 1 aliphatic rings. The van der Waals surface area contributed by atoms with Gasteiger partial charge in [-0.25, -0.2) is 4.79 Å². The molecule has 0 spiro atoms. The number of carbonyl (C=O) groups is 2. The molecule has 1 aliphatic heterocycles. The van der Waals surface area contributed by atoms with Crippen LogP contribution in [0, 0.1) is 0 Å². The van der Waals surface area contributed by atoms with E-state index >= 15 is 0 Å². The Hall–Kier alpha value is -2.98. The van der Waals surface area contributed by atoms with Gasteiger partial charge in [-0.15, -0.1) is 0 Å². The van der Waals surface area contributed by atoms with E-state index in [-0.39, 0.29) is 36.1 Å². The number of piperidine rings is 1. The van der Waals surface area contributed by atoms with Crippen LogP contribution in [0.15, 0.2) is 9.05 Å². The van der Waals surface area contributed by atoms with Crippen LogP contribution in [-0.4, -0.2) is 50.2 Å². The van der Waals surface area contributed by atoms with Gasteiger partial charge in [-0.2, -0.15) is 9.97 Å². The minimum Gasteiger partial charge on any atom is -0.363 e. The van der Waals surface area contributed by atoms with E-state index < -0.39 is 5.91 Å². The Labute approximate surface area is 149 Å². The van der Waals surface area contributed by atoms with E-state index in [1.807, 2.05) is 13.8 Å². The summed E-state index contributed by atoms with van der Waals surface area (Å²) in [7, 11) is 0. The van der Waals surface area contributed by atoms with E-state index in [2.05, 4.69) is 25.6 Å². The van der Waals surface area contributed by atoms with Crippen molar-refractivity contribution in [2.75, 3.05) is 13.1 Å². The predicted molar refractivity (Wildman–Crippen MR) is 87.0 cm³/mol. The summed E-state index contributed by atoms with van der Waals surface area (Å²) in [5.41, 5.74) is 5.04. The Morgan fingerprint density at radius 2 is 1.96 bits per heavy atom. The zero-order valence-corrected chi connectivity index (χ0v) is 14.6. The summed E-state index contributed by atoms with van der Waals surface area (Å²) < 4.78 is 10.2. The fraction of sp³-hybridized carbons (Fsp3) is 0.600. The van der Waals surface area contributed by atoms with Crippen LogP contribution in [0.2, 0.25) is 0 Å². The van der Waals surface area contributed by atoms with Gasteiger partial charge in [-0.3, -0.25) is 4.79 Å². The van der Waals surface area contributed by atoms with Crippen LogP contribution < -0.4 is 11.1 Å². The Bertz CT molecular complexity index is 777. The van der Waals surface area contributed by atoms with Crippen molar-refractivity contribution in [1.82, 2.24) is 30.5 Å². The van der Waals surface area contributed by atoms with E-state index in [0.29, 0.717) is 24.8 Å². The molecule has 11 heteroatoms. The molecule has 3 heterocycles. The Balaban J connectivity index is 1.47. The van der Waals surface area contributed by atoms with Gasteiger partial charge in [-0.1, -0.05) is 24.2 Å². The van der Waals surface area contributed by atoms with E-state index in [1.165, 1.54) is 0 Å². The molecule has 0 atom stereocenters. The number of likely N-dealkylation sites (tertiary alicyclic amines) is 1. The molecule has 0 unspecified atom stereocenters. The predicted octanol–water partition coefficient (Wildman–Crippen LogP) is 0.764. The molecule has 0 saturated carbocycles. The molecular weight excluding hydrogens is 342 g/mol. The minimum absolute atomic E-state index is 0.0282. The van der Waals surface area contributed by atoms with Gasteiger partial charge in [-0.05, 0) is 12.8 Å². The van der Waals surface area contributed by atoms with Crippen LogP contribution in [-0.2, 0) is 6.54 Å². The molecule has 0 aromatic carbocycles. The van der Waals surface area contributed by atoms with Crippen molar-refractivity contribution in [3.63, 3.8) is 0 Å². The third kappa shape index (κ3) is 3.98. The lowest BCUT2D eigenvalue weighted by molar-refractivity contribution is 0.0987. The molecule has 1 saturated heterocycles. The fourth-order valence-electron chi connectivity index (χ4n) is 2.67. The van der Waals surface area contributed by atoms with E-state index in [4.69, 9.17) is 14.8 Å². The second-order valence-corrected chi connectivity index (χ2v) is 6.44. The topological polar surface area (TPSA) is 153 Å². The maximum atomic E-state index is 12.2. The van der Waals surface area contributed by atoms with Gasteiger partial charge in [0.25, 0.3) is 11.7 Å². The zero-order valence-electron chi connectivity index (χ0n) is 14.6. The van der Waals surface area contributed by atoms with Gasteiger partial charge in [0.05, 0.1) is 6.54 Å². The summed E-state index contributed by atoms with van der Waals surface area (Å²) in [4.78, 5) is 33.1. The number of hydrogen-bond donors (Lipinski definition) is 2. The number of nitrogens with zero attached hydrogens (tertiary/aromatic N) is 5. The number of urea groups is 1. The molecule has 2 aromatic heterocycles. The number of aromatic nitrogens is 4. The number of rotatable bonds is 5. The third-order valence-electron chi connectivity index (χ3n) is 4.18. The van der Waals surface area contributed by atoms with Crippen molar-refractivity contribution in [3.05, 3.63) is 23.4 Å². The highest BCUT2D eigenvalue weighted by atomic mass is 16.5. The van der Waals surface area contributed by atoms with Crippen molar-refractivity contribution in [2.24, 2.45) is 5.73 Å². The Kier molecular flexibility index (Phi) is 5.14. The van der Waals surface area contributed by atoms with E-state index in [9.17, 15) is 9.59 Å². The number of primary amides is 1. The van der Waals surface area contributed by atoms with E-state index in [1.54, 1.807) is 4.90 Å². The summed E-state index contributed by atoms with van der Waals surface area (Å²) in [6.07, 6.45) is 1.50. The Morgan fingerprint density at radius 1 is 1.23 bits per heavy atom. The van der Waals surface area contributed by atoms with Crippen LogP contribution in [0.25, 0.3) is 0 Å². The molecule has 0 bridgehead atoms. The molecule has 1 fully saturated rings. The molecule has 140 valence electrons. The minimum atomic E-state index is -0.782. The standard InChI is InChI=1S/C15H21N7O4/c1-8(2)12-19-14(26-20-12)9-3-5-22(6-4-9)15(24)17-7-10-18-13(11(16)23)21-25-10/h8-9H,3-7H2,1-2H3,(H2,16,23)(H,17,24). The molecule has 0 radical (unpaired) electrons. The van der Waals surface area contributed by atoms with Crippen LogP contribution in [0.3, 0.4) is 0 Å². The average molecular weight is 363 g/mol.